The molecule has 0 saturated carbocycles. The fourth-order valence-corrected chi connectivity index (χ4v) is 1.93. The van der Waals surface area contributed by atoms with Crippen molar-refractivity contribution in [3.05, 3.63) is 0 Å². The Kier molecular flexibility index (Phi) is 21.4. The Balaban J connectivity index is 0. The van der Waals surface area contributed by atoms with Gasteiger partial charge in [0.1, 0.15) is 0 Å². The molecule has 0 saturated heterocycles. The second-order valence-corrected chi connectivity index (χ2v) is 4.34. The first-order valence-corrected chi connectivity index (χ1v) is 5.83. The van der Waals surface area contributed by atoms with Gasteiger partial charge in [-0.2, -0.15) is 13.5 Å². The first-order valence-electron chi connectivity index (χ1n) is 3.43. The van der Waals surface area contributed by atoms with E-state index in [0.29, 0.717) is 0 Å². The lowest BCUT2D eigenvalue weighted by Gasteiger charge is -1.64. The zero-order valence-corrected chi connectivity index (χ0v) is 10.5. The highest BCUT2D eigenvalue weighted by Crippen LogP contribution is 2.01. The molecule has 0 spiro atoms. The van der Waals surface area contributed by atoms with Crippen LogP contribution in [0.4, 0.5) is 0 Å². The van der Waals surface area contributed by atoms with Crippen molar-refractivity contribution in [1.82, 2.24) is 13.5 Å². The van der Waals surface area contributed by atoms with Gasteiger partial charge in [-0.05, 0) is 0 Å². The van der Waals surface area contributed by atoms with Crippen molar-refractivity contribution in [2.45, 2.75) is 20.3 Å². The molecule has 0 bridgehead atoms. The van der Waals surface area contributed by atoms with Crippen LogP contribution in [0.15, 0.2) is 0 Å². The molecule has 1 aromatic heterocycles. The van der Waals surface area contributed by atoms with E-state index in [-0.39, 0.29) is 0 Å². The van der Waals surface area contributed by atoms with Crippen molar-refractivity contribution in [1.29, 1.82) is 0 Å². The van der Waals surface area contributed by atoms with Gasteiger partial charge in [0, 0.05) is 14.2 Å². The average Bonchev–Trinajstić information content (AvgIpc) is 2.10. The number of hydrogen-bond donors (Lipinski definition) is 0. The van der Waals surface area contributed by atoms with Gasteiger partial charge in [0.15, 0.2) is 25.5 Å². The fraction of sp³-hybridized carbons (Fsp3) is 1.00. The summed E-state index contributed by atoms with van der Waals surface area (Å²) in [5.41, 5.74) is 0. The molecule has 1 aromatic rings. The molecule has 1 rings (SSSR count). The van der Waals surface area contributed by atoms with Gasteiger partial charge in [-0.15, -0.1) is 0 Å². The monoisotopic (exact) mass is 225 g/mol. The largest absolute Gasteiger partial charge is 0.388 e. The van der Waals surface area contributed by atoms with Crippen molar-refractivity contribution in [2.75, 3.05) is 14.2 Å². The van der Waals surface area contributed by atoms with Crippen LogP contribution < -0.4 is 0 Å². The first kappa shape index (κ1) is 14.8. The molecule has 0 radical (unpaired) electrons. The predicted molar refractivity (Wildman–Crippen MR) is 56.3 cm³/mol. The van der Waals surface area contributed by atoms with E-state index >= 15 is 0 Å². The van der Waals surface area contributed by atoms with Crippen molar-refractivity contribution in [3.8, 4) is 0 Å². The number of rotatable bonds is 0. The van der Waals surface area contributed by atoms with Gasteiger partial charge >= 0.3 is 0 Å². The van der Waals surface area contributed by atoms with Gasteiger partial charge in [0.25, 0.3) is 0 Å². The second-order valence-electron chi connectivity index (χ2n) is 1.65. The lowest BCUT2D eigenvalue weighted by Crippen LogP contribution is -1.55. The molecular weight excluding hydrogens is 211 g/mol. The van der Waals surface area contributed by atoms with Crippen LogP contribution >= 0.6 is 25.5 Å². The van der Waals surface area contributed by atoms with E-state index in [1.54, 1.807) is 14.2 Å². The van der Waals surface area contributed by atoms with Gasteiger partial charge < -0.3 is 4.74 Å². The highest BCUT2D eigenvalue weighted by molar-refractivity contribution is 7.43. The molecule has 0 N–H and O–H groups in total. The summed E-state index contributed by atoms with van der Waals surface area (Å²) in [7, 11) is 5.74. The maximum Gasteiger partial charge on any atom is 0.166 e. The normalized spacial score (nSPS) is 9.00. The summed E-state index contributed by atoms with van der Waals surface area (Å²) in [6.45, 7) is 4.25. The molecule has 0 aliphatic heterocycles. The minimum Gasteiger partial charge on any atom is -0.388 e. The molecule has 0 aliphatic rings. The van der Waals surface area contributed by atoms with Crippen LogP contribution in [0, 0.1) is 0 Å². The zero-order valence-electron chi connectivity index (χ0n) is 7.80. The van der Waals surface area contributed by atoms with E-state index in [1.165, 1.54) is 6.42 Å². The number of ether oxygens (including phenoxy) is 1. The molecule has 12 heavy (non-hydrogen) atoms. The zero-order chi connectivity index (χ0) is 9.66. The number of aromatic nitrogens is 3. The standard InChI is InChI=1S/C3H8.C2H6O.N3P3/c2*1-3-2;1-4-2-6-3-5-1/h3H2,1-2H3;1-2H3;. The van der Waals surface area contributed by atoms with Gasteiger partial charge in [-0.1, -0.05) is 20.3 Å². The van der Waals surface area contributed by atoms with Crippen molar-refractivity contribution in [2.24, 2.45) is 0 Å². The number of nitrogens with zero attached hydrogens (tertiary/aromatic N) is 3. The van der Waals surface area contributed by atoms with Gasteiger partial charge in [-0.25, -0.2) is 0 Å². The van der Waals surface area contributed by atoms with Crippen LogP contribution in [0.3, 0.4) is 0 Å². The van der Waals surface area contributed by atoms with Crippen molar-refractivity contribution in [3.63, 3.8) is 0 Å². The van der Waals surface area contributed by atoms with Crippen LogP contribution in [-0.2, 0) is 4.74 Å². The van der Waals surface area contributed by atoms with Crippen LogP contribution in [0.2, 0.25) is 0 Å². The van der Waals surface area contributed by atoms with Crippen LogP contribution in [0.25, 0.3) is 0 Å². The smallest absolute Gasteiger partial charge is 0.166 e. The molecule has 1 heterocycles. The summed E-state index contributed by atoms with van der Waals surface area (Å²) in [4.78, 5) is 0. The molecule has 0 amide bonds. The Hall–Kier alpha value is 0.260. The molecule has 0 aromatic carbocycles. The predicted octanol–water partition coefficient (Wildman–Crippen LogP) is 3.29. The summed E-state index contributed by atoms with van der Waals surface area (Å²) in [5, 5.41) is 0. The lowest BCUT2D eigenvalue weighted by atomic mass is 10.6. The number of hydrogen-bond acceptors (Lipinski definition) is 4. The maximum atomic E-state index is 4.25. The van der Waals surface area contributed by atoms with E-state index in [1.807, 2.05) is 0 Å². The van der Waals surface area contributed by atoms with Crippen molar-refractivity contribution >= 4 is 25.5 Å². The SMILES string of the molecule is CCC.COC.n1pnpnp1. The van der Waals surface area contributed by atoms with E-state index in [2.05, 4.69) is 32.1 Å². The molecule has 4 nitrogen and oxygen atoms in total. The van der Waals surface area contributed by atoms with Gasteiger partial charge in [0.2, 0.25) is 0 Å². The molecule has 70 valence electrons. The maximum absolute atomic E-state index is 4.25. The van der Waals surface area contributed by atoms with Crippen LogP contribution in [0.1, 0.15) is 20.3 Å². The quantitative estimate of drug-likeness (QED) is 0.679. The topological polar surface area (TPSA) is 47.9 Å². The number of methoxy groups -OCH3 is 1. The van der Waals surface area contributed by atoms with Gasteiger partial charge in [-0.3, -0.25) is 0 Å². The molecule has 0 atom stereocenters. The summed E-state index contributed by atoms with van der Waals surface area (Å²) in [5.74, 6) is 0. The molecule has 0 unspecified atom stereocenters. The molecule has 0 aliphatic carbocycles. The Labute approximate surface area is 78.9 Å². The Morgan fingerprint density at radius 2 is 1.08 bits per heavy atom. The first-order chi connectivity index (χ1) is 5.83. The van der Waals surface area contributed by atoms with Gasteiger partial charge in [0.05, 0.1) is 0 Å². The van der Waals surface area contributed by atoms with E-state index in [0.717, 1.165) is 25.5 Å². The third-order valence-electron chi connectivity index (χ3n) is 0.240. The second kappa shape index (κ2) is 17.4. The van der Waals surface area contributed by atoms with Crippen LogP contribution in [0.5, 0.6) is 0 Å². The molecule has 7 heteroatoms. The summed E-state index contributed by atoms with van der Waals surface area (Å²) in [6, 6.07) is 0. The molecule has 0 fully saturated rings. The summed E-state index contributed by atoms with van der Waals surface area (Å²) in [6.07, 6.45) is 1.25. The Morgan fingerprint density at radius 1 is 0.917 bits per heavy atom. The third kappa shape index (κ3) is 22.5. The average molecular weight is 225 g/mol. The minimum absolute atomic E-state index is 0.830. The summed E-state index contributed by atoms with van der Waals surface area (Å²) >= 11 is 0. The van der Waals surface area contributed by atoms with Crippen LogP contribution in [-0.4, -0.2) is 27.7 Å². The third-order valence-corrected chi connectivity index (χ3v) is 2.16. The van der Waals surface area contributed by atoms with Crippen molar-refractivity contribution < 1.29 is 4.74 Å². The minimum atomic E-state index is 0.830. The Morgan fingerprint density at radius 3 is 1.17 bits per heavy atom. The summed E-state index contributed by atoms with van der Waals surface area (Å²) < 4.78 is 15.6. The Bertz CT molecular complexity index is 114. The van der Waals surface area contributed by atoms with E-state index < -0.39 is 0 Å². The van der Waals surface area contributed by atoms with E-state index in [9.17, 15) is 0 Å². The highest BCUT2D eigenvalue weighted by atomic mass is 31.1. The van der Waals surface area contributed by atoms with E-state index in [4.69, 9.17) is 0 Å². The highest BCUT2D eigenvalue weighted by Gasteiger charge is 1.64. The molecular formula is C5H14N3OP3. The lowest BCUT2D eigenvalue weighted by molar-refractivity contribution is 0.277. The fourth-order valence-electron chi connectivity index (χ4n) is 0.107.